The molecule has 1 aliphatic rings. The molecule has 1 aromatic heterocycles. The van der Waals surface area contributed by atoms with Crippen molar-refractivity contribution in [3.05, 3.63) is 29.8 Å². The Morgan fingerprint density at radius 1 is 1.35 bits per heavy atom. The predicted molar refractivity (Wildman–Crippen MR) is 63.7 cm³/mol. The highest BCUT2D eigenvalue weighted by Gasteiger charge is 2.45. The topological polar surface area (TPSA) is 59.2 Å². The number of hydrogen-bond acceptors (Lipinski definition) is 4. The zero-order valence-corrected chi connectivity index (χ0v) is 10.1. The van der Waals surface area contributed by atoms with Gasteiger partial charge in [0.25, 0.3) is 0 Å². The highest BCUT2D eigenvalue weighted by Crippen LogP contribution is 2.37. The number of nitrogens with zero attached hydrogens (tertiary/aromatic N) is 3. The molecule has 0 saturated heterocycles. The van der Waals surface area contributed by atoms with Crippen LogP contribution in [0.2, 0.25) is 0 Å². The van der Waals surface area contributed by atoms with Gasteiger partial charge in [0.2, 0.25) is 5.27 Å². The van der Waals surface area contributed by atoms with Gasteiger partial charge in [-0.1, -0.05) is 18.2 Å². The third kappa shape index (κ3) is 1.13. The lowest BCUT2D eigenvalue weighted by molar-refractivity contribution is -0.756. The van der Waals surface area contributed by atoms with Crippen molar-refractivity contribution in [3.8, 4) is 11.3 Å². The average molecular weight is 231 g/mol. The largest absolute Gasteiger partial charge is 0.362 e. The van der Waals surface area contributed by atoms with Gasteiger partial charge in [-0.2, -0.15) is 0 Å². The first-order valence-electron chi connectivity index (χ1n) is 5.55. The standard InChI is InChI=1S/C12H15N4O/c1-12(2)9-7-5-4-6-8(9)10-11(13)17-14-16(10)15(12)3/h4-7H,13H2,1-3H3/q+1. The summed E-state index contributed by atoms with van der Waals surface area (Å²) >= 11 is 0. The van der Waals surface area contributed by atoms with E-state index in [-0.39, 0.29) is 5.54 Å². The Balaban J connectivity index is 2.39. The Kier molecular flexibility index (Phi) is 1.79. The van der Waals surface area contributed by atoms with Crippen molar-refractivity contribution in [2.45, 2.75) is 19.4 Å². The van der Waals surface area contributed by atoms with E-state index in [0.29, 0.717) is 5.88 Å². The number of hydrogen-bond donors (Lipinski definition) is 1. The molecule has 0 fully saturated rings. The second-order valence-electron chi connectivity index (χ2n) is 4.80. The van der Waals surface area contributed by atoms with Gasteiger partial charge in [0.1, 0.15) is 5.54 Å². The molecule has 0 radical (unpaired) electrons. The summed E-state index contributed by atoms with van der Waals surface area (Å²) in [6, 6.07) is 8.19. The number of nitrogens with two attached hydrogens (primary N) is 1. The Bertz CT molecular complexity index is 588. The minimum absolute atomic E-state index is 0.155. The Hall–Kier alpha value is -2.04. The van der Waals surface area contributed by atoms with Crippen LogP contribution in [0, 0.1) is 0 Å². The molecule has 17 heavy (non-hydrogen) atoms. The van der Waals surface area contributed by atoms with E-state index in [1.807, 2.05) is 30.3 Å². The molecular weight excluding hydrogens is 216 g/mol. The molecule has 0 atom stereocenters. The van der Waals surface area contributed by atoms with Crippen LogP contribution in [0.15, 0.2) is 28.8 Å². The molecular formula is C12H15N4O+. The van der Waals surface area contributed by atoms with E-state index in [9.17, 15) is 0 Å². The minimum atomic E-state index is -0.155. The molecule has 0 aliphatic carbocycles. The maximum absolute atomic E-state index is 5.85. The molecule has 0 amide bonds. The van der Waals surface area contributed by atoms with Crippen molar-refractivity contribution < 1.29 is 9.31 Å². The van der Waals surface area contributed by atoms with Crippen LogP contribution in [0.25, 0.3) is 11.3 Å². The molecule has 0 unspecified atom stereocenters. The van der Waals surface area contributed by atoms with Crippen molar-refractivity contribution in [1.82, 2.24) is 5.27 Å². The maximum Gasteiger partial charge on any atom is 0.338 e. The van der Waals surface area contributed by atoms with E-state index in [1.165, 1.54) is 5.56 Å². The molecule has 2 heterocycles. The normalized spacial score (nSPS) is 16.5. The summed E-state index contributed by atoms with van der Waals surface area (Å²) in [7, 11) is 1.97. The molecule has 1 aliphatic heterocycles. The van der Waals surface area contributed by atoms with E-state index in [2.05, 4.69) is 25.2 Å². The predicted octanol–water partition coefficient (Wildman–Crippen LogP) is 1.03. The van der Waals surface area contributed by atoms with Crippen LogP contribution in [0.3, 0.4) is 0 Å². The molecule has 5 heteroatoms. The quantitative estimate of drug-likeness (QED) is 0.688. The lowest BCUT2D eigenvalue weighted by Crippen LogP contribution is -2.67. The second-order valence-corrected chi connectivity index (χ2v) is 4.80. The number of nitrogen functional groups attached to an aromatic ring is 1. The first kappa shape index (κ1) is 10.1. The van der Waals surface area contributed by atoms with E-state index in [0.717, 1.165) is 11.3 Å². The van der Waals surface area contributed by atoms with Gasteiger partial charge in [0.05, 0.1) is 17.4 Å². The minimum Gasteiger partial charge on any atom is -0.362 e. The van der Waals surface area contributed by atoms with Crippen LogP contribution >= 0.6 is 0 Å². The number of benzene rings is 1. The zero-order chi connectivity index (χ0) is 12.2. The van der Waals surface area contributed by atoms with E-state index in [4.69, 9.17) is 10.3 Å². The number of aromatic nitrogens is 2. The lowest BCUT2D eigenvalue weighted by Gasteiger charge is -2.33. The Labute approximate surface area is 99.4 Å². The van der Waals surface area contributed by atoms with Crippen LogP contribution in [-0.4, -0.2) is 12.3 Å². The summed E-state index contributed by atoms with van der Waals surface area (Å²) in [5.41, 5.74) is 8.81. The van der Waals surface area contributed by atoms with Gasteiger partial charge in [0.15, 0.2) is 0 Å². The average Bonchev–Trinajstić information content (AvgIpc) is 2.69. The van der Waals surface area contributed by atoms with E-state index < -0.39 is 0 Å². The van der Waals surface area contributed by atoms with Gasteiger partial charge >= 0.3 is 11.6 Å². The molecule has 88 valence electrons. The van der Waals surface area contributed by atoms with Gasteiger partial charge in [0, 0.05) is 0 Å². The SMILES string of the molecule is CN1[n+]2noc(N)c2-c2ccccc2C1(C)C. The molecule has 3 rings (SSSR count). The monoisotopic (exact) mass is 231 g/mol. The van der Waals surface area contributed by atoms with Crippen LogP contribution < -0.4 is 15.5 Å². The number of rotatable bonds is 0. The summed E-state index contributed by atoms with van der Waals surface area (Å²) < 4.78 is 5.09. The van der Waals surface area contributed by atoms with E-state index in [1.54, 1.807) is 4.79 Å². The van der Waals surface area contributed by atoms with Crippen LogP contribution in [-0.2, 0) is 5.54 Å². The highest BCUT2D eigenvalue weighted by molar-refractivity contribution is 5.71. The second kappa shape index (κ2) is 3.00. The third-order valence-electron chi connectivity index (χ3n) is 3.58. The van der Waals surface area contributed by atoms with Gasteiger partial charge in [-0.15, -0.1) is 5.01 Å². The molecule has 0 bridgehead atoms. The maximum atomic E-state index is 5.85. The van der Waals surface area contributed by atoms with Crippen LogP contribution in [0.5, 0.6) is 0 Å². The number of anilines is 1. The molecule has 2 N–H and O–H groups in total. The fraction of sp³-hybridized carbons (Fsp3) is 0.333. The van der Waals surface area contributed by atoms with E-state index >= 15 is 0 Å². The zero-order valence-electron chi connectivity index (χ0n) is 10.1. The summed E-state index contributed by atoms with van der Waals surface area (Å²) in [5.74, 6) is 0.347. The Morgan fingerprint density at radius 2 is 2.06 bits per heavy atom. The fourth-order valence-electron chi connectivity index (χ4n) is 2.34. The first-order valence-corrected chi connectivity index (χ1v) is 5.55. The van der Waals surface area contributed by atoms with Crippen LogP contribution in [0.4, 0.5) is 5.88 Å². The fourth-order valence-corrected chi connectivity index (χ4v) is 2.34. The molecule has 5 nitrogen and oxygen atoms in total. The smallest absolute Gasteiger partial charge is 0.338 e. The van der Waals surface area contributed by atoms with Crippen molar-refractivity contribution in [1.29, 1.82) is 0 Å². The van der Waals surface area contributed by atoms with Gasteiger partial charge in [-0.3, -0.25) is 4.52 Å². The van der Waals surface area contributed by atoms with Gasteiger partial charge in [-0.25, -0.2) is 0 Å². The van der Waals surface area contributed by atoms with Gasteiger partial charge < -0.3 is 5.73 Å². The van der Waals surface area contributed by atoms with Gasteiger partial charge in [-0.05, 0) is 25.5 Å². The summed E-state index contributed by atoms with van der Waals surface area (Å²) in [6.45, 7) is 4.29. The first-order chi connectivity index (χ1) is 8.03. The molecule has 0 saturated carbocycles. The summed E-state index contributed by atoms with van der Waals surface area (Å²) in [4.78, 5) is 1.72. The highest BCUT2D eigenvalue weighted by atomic mass is 16.5. The van der Waals surface area contributed by atoms with Crippen molar-refractivity contribution in [2.75, 3.05) is 17.8 Å². The van der Waals surface area contributed by atoms with Crippen molar-refractivity contribution in [3.63, 3.8) is 0 Å². The lowest BCUT2D eigenvalue weighted by atomic mass is 9.87. The third-order valence-corrected chi connectivity index (χ3v) is 3.58. The summed E-state index contributed by atoms with van der Waals surface area (Å²) in [5, 5.41) is 5.99. The molecule has 2 aromatic rings. The van der Waals surface area contributed by atoms with Crippen molar-refractivity contribution in [2.24, 2.45) is 0 Å². The number of fused-ring (bicyclic) bond motifs is 3. The molecule has 1 aromatic carbocycles. The molecule has 0 spiro atoms. The van der Waals surface area contributed by atoms with Crippen LogP contribution in [0.1, 0.15) is 19.4 Å². The Morgan fingerprint density at radius 3 is 2.82 bits per heavy atom. The van der Waals surface area contributed by atoms with Crippen molar-refractivity contribution >= 4 is 5.88 Å². The summed E-state index contributed by atoms with van der Waals surface area (Å²) in [6.07, 6.45) is 0.